The lowest BCUT2D eigenvalue weighted by Gasteiger charge is -2.32. The summed E-state index contributed by atoms with van der Waals surface area (Å²) in [6.07, 6.45) is 9.73. The Bertz CT molecular complexity index is 180. The molecule has 0 amide bonds. The monoisotopic (exact) mass is 242 g/mol. The minimum atomic E-state index is 0.348. The first-order valence-corrected chi connectivity index (χ1v) is 7.47. The molecule has 1 aliphatic rings. The first-order chi connectivity index (χ1) is 8.24. The van der Waals surface area contributed by atoms with Crippen LogP contribution in [-0.2, 0) is 9.47 Å². The molecule has 1 aliphatic carbocycles. The molecular weight excluding hydrogens is 212 g/mol. The third-order valence-electron chi connectivity index (χ3n) is 3.51. The third-order valence-corrected chi connectivity index (χ3v) is 3.51. The van der Waals surface area contributed by atoms with Crippen molar-refractivity contribution < 1.29 is 9.47 Å². The molecule has 0 radical (unpaired) electrons. The Labute approximate surface area is 107 Å². The molecule has 2 heteroatoms. The summed E-state index contributed by atoms with van der Waals surface area (Å²) in [6, 6.07) is 0. The van der Waals surface area contributed by atoms with Gasteiger partial charge >= 0.3 is 0 Å². The topological polar surface area (TPSA) is 18.5 Å². The van der Waals surface area contributed by atoms with Crippen LogP contribution in [0.4, 0.5) is 0 Å². The molecule has 2 atom stereocenters. The molecule has 17 heavy (non-hydrogen) atoms. The van der Waals surface area contributed by atoms with Gasteiger partial charge in [0.25, 0.3) is 0 Å². The highest BCUT2D eigenvalue weighted by atomic mass is 16.5. The SMILES string of the molecule is CCCCCOCC1CCCCC1OC(C)C. The summed E-state index contributed by atoms with van der Waals surface area (Å²) in [4.78, 5) is 0. The van der Waals surface area contributed by atoms with Crippen LogP contribution in [0.15, 0.2) is 0 Å². The first-order valence-electron chi connectivity index (χ1n) is 7.47. The molecule has 0 bridgehead atoms. The molecule has 0 aliphatic heterocycles. The van der Waals surface area contributed by atoms with E-state index in [1.165, 1.54) is 44.9 Å². The first kappa shape index (κ1) is 15.0. The van der Waals surface area contributed by atoms with Gasteiger partial charge in [-0.05, 0) is 33.1 Å². The highest BCUT2D eigenvalue weighted by Crippen LogP contribution is 2.28. The van der Waals surface area contributed by atoms with Crippen molar-refractivity contribution in [3.8, 4) is 0 Å². The van der Waals surface area contributed by atoms with E-state index in [9.17, 15) is 0 Å². The highest BCUT2D eigenvalue weighted by Gasteiger charge is 2.26. The van der Waals surface area contributed by atoms with E-state index >= 15 is 0 Å². The minimum absolute atomic E-state index is 0.348. The second-order valence-corrected chi connectivity index (χ2v) is 5.55. The molecule has 0 aromatic carbocycles. The number of rotatable bonds is 8. The summed E-state index contributed by atoms with van der Waals surface area (Å²) in [7, 11) is 0. The Kier molecular flexibility index (Phi) is 7.87. The van der Waals surface area contributed by atoms with E-state index in [1.54, 1.807) is 0 Å². The number of hydrogen-bond acceptors (Lipinski definition) is 2. The summed E-state index contributed by atoms with van der Waals surface area (Å²) in [5.74, 6) is 0.632. The van der Waals surface area contributed by atoms with Crippen LogP contribution in [0.1, 0.15) is 65.7 Å². The molecule has 1 saturated carbocycles. The molecule has 102 valence electrons. The van der Waals surface area contributed by atoms with Crippen molar-refractivity contribution in [1.82, 2.24) is 0 Å². The van der Waals surface area contributed by atoms with Gasteiger partial charge < -0.3 is 9.47 Å². The fourth-order valence-electron chi connectivity index (χ4n) is 2.58. The van der Waals surface area contributed by atoms with Crippen molar-refractivity contribution in [1.29, 1.82) is 0 Å². The van der Waals surface area contributed by atoms with Crippen LogP contribution in [0.2, 0.25) is 0 Å². The van der Waals surface area contributed by atoms with Crippen LogP contribution in [0.25, 0.3) is 0 Å². The van der Waals surface area contributed by atoms with E-state index in [0.29, 0.717) is 18.1 Å². The normalized spacial score (nSPS) is 25.4. The fraction of sp³-hybridized carbons (Fsp3) is 1.00. The maximum absolute atomic E-state index is 6.00. The van der Waals surface area contributed by atoms with Gasteiger partial charge in [-0.3, -0.25) is 0 Å². The third kappa shape index (κ3) is 6.42. The predicted octanol–water partition coefficient (Wildman–Crippen LogP) is 4.18. The average molecular weight is 242 g/mol. The zero-order valence-corrected chi connectivity index (χ0v) is 11.9. The summed E-state index contributed by atoms with van der Waals surface area (Å²) in [5.41, 5.74) is 0. The number of ether oxygens (including phenoxy) is 2. The van der Waals surface area contributed by atoms with E-state index in [4.69, 9.17) is 9.47 Å². The molecule has 2 nitrogen and oxygen atoms in total. The Morgan fingerprint density at radius 2 is 1.88 bits per heavy atom. The van der Waals surface area contributed by atoms with Crippen LogP contribution < -0.4 is 0 Å². The second kappa shape index (κ2) is 8.93. The lowest BCUT2D eigenvalue weighted by Crippen LogP contribution is -2.33. The van der Waals surface area contributed by atoms with Crippen LogP contribution >= 0.6 is 0 Å². The van der Waals surface area contributed by atoms with Gasteiger partial charge in [0.05, 0.1) is 18.8 Å². The van der Waals surface area contributed by atoms with E-state index < -0.39 is 0 Å². The summed E-state index contributed by atoms with van der Waals surface area (Å²) in [5, 5.41) is 0. The molecule has 0 N–H and O–H groups in total. The van der Waals surface area contributed by atoms with Gasteiger partial charge in [0.15, 0.2) is 0 Å². The van der Waals surface area contributed by atoms with Crippen LogP contribution in [0.5, 0.6) is 0 Å². The smallest absolute Gasteiger partial charge is 0.0628 e. The summed E-state index contributed by atoms with van der Waals surface area (Å²) in [6.45, 7) is 8.33. The van der Waals surface area contributed by atoms with Crippen molar-refractivity contribution in [2.24, 2.45) is 5.92 Å². The lowest BCUT2D eigenvalue weighted by atomic mass is 9.87. The van der Waals surface area contributed by atoms with Gasteiger partial charge in [0.1, 0.15) is 0 Å². The Balaban J connectivity index is 2.18. The minimum Gasteiger partial charge on any atom is -0.381 e. The molecule has 1 rings (SSSR count). The van der Waals surface area contributed by atoms with E-state index in [1.807, 2.05) is 0 Å². The largest absolute Gasteiger partial charge is 0.381 e. The van der Waals surface area contributed by atoms with Crippen LogP contribution in [0.3, 0.4) is 0 Å². The molecule has 0 heterocycles. The van der Waals surface area contributed by atoms with Crippen molar-refractivity contribution >= 4 is 0 Å². The molecule has 0 saturated heterocycles. The Morgan fingerprint density at radius 1 is 1.12 bits per heavy atom. The fourth-order valence-corrected chi connectivity index (χ4v) is 2.58. The van der Waals surface area contributed by atoms with Gasteiger partial charge in [-0.2, -0.15) is 0 Å². The quantitative estimate of drug-likeness (QED) is 0.595. The predicted molar refractivity (Wildman–Crippen MR) is 72.3 cm³/mol. The maximum Gasteiger partial charge on any atom is 0.0628 e. The van der Waals surface area contributed by atoms with Gasteiger partial charge in [-0.15, -0.1) is 0 Å². The maximum atomic E-state index is 6.00. The highest BCUT2D eigenvalue weighted by molar-refractivity contribution is 4.76. The van der Waals surface area contributed by atoms with Crippen LogP contribution in [0, 0.1) is 5.92 Å². The molecule has 0 aromatic heterocycles. The second-order valence-electron chi connectivity index (χ2n) is 5.55. The standard InChI is InChI=1S/C15H30O2/c1-4-5-8-11-16-12-14-9-6-7-10-15(14)17-13(2)3/h13-15H,4-12H2,1-3H3. The number of hydrogen-bond donors (Lipinski definition) is 0. The summed E-state index contributed by atoms with van der Waals surface area (Å²) >= 11 is 0. The molecule has 2 unspecified atom stereocenters. The zero-order valence-electron chi connectivity index (χ0n) is 11.9. The van der Waals surface area contributed by atoms with E-state index in [-0.39, 0.29) is 0 Å². The van der Waals surface area contributed by atoms with Gasteiger partial charge in [0.2, 0.25) is 0 Å². The zero-order chi connectivity index (χ0) is 12.5. The van der Waals surface area contributed by atoms with Crippen LogP contribution in [-0.4, -0.2) is 25.4 Å². The molecule has 1 fully saturated rings. The molecule has 0 spiro atoms. The summed E-state index contributed by atoms with van der Waals surface area (Å²) < 4.78 is 11.8. The Morgan fingerprint density at radius 3 is 2.59 bits per heavy atom. The average Bonchev–Trinajstić information content (AvgIpc) is 2.30. The van der Waals surface area contributed by atoms with Gasteiger partial charge in [0, 0.05) is 12.5 Å². The van der Waals surface area contributed by atoms with Crippen molar-refractivity contribution in [3.05, 3.63) is 0 Å². The van der Waals surface area contributed by atoms with E-state index in [2.05, 4.69) is 20.8 Å². The molecular formula is C15H30O2. The Hall–Kier alpha value is -0.0800. The lowest BCUT2D eigenvalue weighted by molar-refractivity contribution is -0.0683. The van der Waals surface area contributed by atoms with Crippen molar-refractivity contribution in [2.75, 3.05) is 13.2 Å². The number of unbranched alkanes of at least 4 members (excludes halogenated alkanes) is 2. The van der Waals surface area contributed by atoms with Gasteiger partial charge in [-0.25, -0.2) is 0 Å². The van der Waals surface area contributed by atoms with Crippen molar-refractivity contribution in [3.63, 3.8) is 0 Å². The van der Waals surface area contributed by atoms with Crippen molar-refractivity contribution in [2.45, 2.75) is 77.9 Å². The molecule has 0 aromatic rings. The van der Waals surface area contributed by atoms with Gasteiger partial charge in [-0.1, -0.05) is 32.6 Å². The van der Waals surface area contributed by atoms with E-state index in [0.717, 1.165) is 13.2 Å².